The molecule has 4 rings (SSSR count). The van der Waals surface area contributed by atoms with Crippen LogP contribution in [-0.2, 0) is 24.8 Å². The summed E-state index contributed by atoms with van der Waals surface area (Å²) in [5.74, 6) is -0.0313. The highest BCUT2D eigenvalue weighted by Gasteiger charge is 2.28. The number of nitrogens with one attached hydrogen (secondary N) is 1. The van der Waals surface area contributed by atoms with Crippen LogP contribution in [0, 0.1) is 0 Å². The Labute approximate surface area is 224 Å². The molecule has 38 heavy (non-hydrogen) atoms. The van der Waals surface area contributed by atoms with Gasteiger partial charge in [-0.05, 0) is 80.4 Å². The summed E-state index contributed by atoms with van der Waals surface area (Å²) in [5.41, 5.74) is 0.693. The number of carbonyl (C=O) groups excluding carboxylic acids is 1. The van der Waals surface area contributed by atoms with Gasteiger partial charge in [0.15, 0.2) is 0 Å². The maximum atomic E-state index is 13.5. The van der Waals surface area contributed by atoms with Crippen LogP contribution in [0.2, 0.25) is 0 Å². The van der Waals surface area contributed by atoms with Crippen molar-refractivity contribution in [1.82, 2.24) is 4.31 Å². The Morgan fingerprint density at radius 3 is 2.05 bits per heavy atom. The van der Waals surface area contributed by atoms with Crippen LogP contribution in [0.25, 0.3) is 0 Å². The molecule has 11 heteroatoms. The second kappa shape index (κ2) is 12.0. The standard InChI is InChI=1S/C27H31N3O6S2/c1-2-36-24-13-17-26(18-14-24)38(34,35)30(23-9-5-3-6-10-23)21-27(31)28-22-11-15-25(16-12-22)37(32,33)29-19-7-4-8-20-29/h3,5-6,9-18H,2,4,7-8,19-21H2,1H3,(H,28,31). The fourth-order valence-electron chi connectivity index (χ4n) is 4.21. The first kappa shape index (κ1) is 27.6. The number of rotatable bonds is 10. The number of amides is 1. The molecular formula is C27H31N3O6S2. The normalized spacial score (nSPS) is 14.6. The molecule has 0 unspecified atom stereocenters. The Morgan fingerprint density at radius 2 is 1.45 bits per heavy atom. The molecule has 1 aliphatic rings. The maximum Gasteiger partial charge on any atom is 0.264 e. The molecule has 3 aromatic rings. The van der Waals surface area contributed by atoms with Crippen LogP contribution in [0.3, 0.4) is 0 Å². The largest absolute Gasteiger partial charge is 0.494 e. The minimum atomic E-state index is -4.08. The first-order chi connectivity index (χ1) is 18.2. The summed E-state index contributed by atoms with van der Waals surface area (Å²) in [5, 5.41) is 2.68. The number of nitrogens with zero attached hydrogens (tertiary/aromatic N) is 2. The van der Waals surface area contributed by atoms with E-state index < -0.39 is 32.5 Å². The molecule has 0 bridgehead atoms. The molecular weight excluding hydrogens is 526 g/mol. The molecule has 0 spiro atoms. The Balaban J connectivity index is 1.51. The zero-order chi connectivity index (χ0) is 27.2. The highest BCUT2D eigenvalue weighted by molar-refractivity contribution is 7.92. The Bertz CT molecular complexity index is 1440. The summed E-state index contributed by atoms with van der Waals surface area (Å²) < 4.78 is 60.7. The number of carbonyl (C=O) groups is 1. The number of piperidine rings is 1. The van der Waals surface area contributed by atoms with Crippen molar-refractivity contribution >= 4 is 37.3 Å². The molecule has 0 aromatic heterocycles. The molecule has 0 radical (unpaired) electrons. The van der Waals surface area contributed by atoms with Gasteiger partial charge in [-0.1, -0.05) is 24.6 Å². The van der Waals surface area contributed by atoms with Gasteiger partial charge in [0, 0.05) is 18.8 Å². The fourth-order valence-corrected chi connectivity index (χ4v) is 7.14. The molecule has 9 nitrogen and oxygen atoms in total. The zero-order valence-corrected chi connectivity index (χ0v) is 22.7. The first-order valence-electron chi connectivity index (χ1n) is 12.4. The van der Waals surface area contributed by atoms with Gasteiger partial charge in [0.05, 0.1) is 22.1 Å². The third-order valence-electron chi connectivity index (χ3n) is 6.15. The first-order valence-corrected chi connectivity index (χ1v) is 15.3. The van der Waals surface area contributed by atoms with Crippen molar-refractivity contribution in [2.24, 2.45) is 0 Å². The average Bonchev–Trinajstić information content (AvgIpc) is 2.93. The van der Waals surface area contributed by atoms with Crippen LogP contribution in [0.4, 0.5) is 11.4 Å². The van der Waals surface area contributed by atoms with E-state index in [9.17, 15) is 21.6 Å². The van der Waals surface area contributed by atoms with Gasteiger partial charge in [-0.15, -0.1) is 0 Å². The van der Waals surface area contributed by atoms with E-state index >= 15 is 0 Å². The Kier molecular flexibility index (Phi) is 8.70. The number of benzene rings is 3. The molecule has 0 atom stereocenters. The van der Waals surface area contributed by atoms with Crippen molar-refractivity contribution in [2.45, 2.75) is 36.0 Å². The second-order valence-electron chi connectivity index (χ2n) is 8.79. The summed E-state index contributed by atoms with van der Waals surface area (Å²) >= 11 is 0. The summed E-state index contributed by atoms with van der Waals surface area (Å²) in [7, 11) is -7.67. The van der Waals surface area contributed by atoms with Crippen LogP contribution in [0.5, 0.6) is 5.75 Å². The van der Waals surface area contributed by atoms with Crippen LogP contribution < -0.4 is 14.4 Å². The van der Waals surface area contributed by atoms with Crippen LogP contribution in [0.15, 0.2) is 88.7 Å². The van der Waals surface area contributed by atoms with Gasteiger partial charge in [0.25, 0.3) is 10.0 Å². The van der Waals surface area contributed by atoms with Crippen LogP contribution >= 0.6 is 0 Å². The van der Waals surface area contributed by atoms with E-state index in [0.29, 0.717) is 36.8 Å². The lowest BCUT2D eigenvalue weighted by atomic mass is 10.2. The van der Waals surface area contributed by atoms with Gasteiger partial charge in [0.1, 0.15) is 12.3 Å². The van der Waals surface area contributed by atoms with E-state index in [1.807, 2.05) is 6.92 Å². The summed E-state index contributed by atoms with van der Waals surface area (Å²) in [6, 6.07) is 20.3. The van der Waals surface area contributed by atoms with Gasteiger partial charge in [-0.25, -0.2) is 16.8 Å². The summed E-state index contributed by atoms with van der Waals surface area (Å²) in [6.45, 7) is 2.81. The molecule has 1 saturated heterocycles. The molecule has 1 aliphatic heterocycles. The van der Waals surface area contributed by atoms with Crippen molar-refractivity contribution in [2.75, 3.05) is 35.9 Å². The fraction of sp³-hybridized carbons (Fsp3) is 0.296. The van der Waals surface area contributed by atoms with E-state index in [-0.39, 0.29) is 9.79 Å². The third kappa shape index (κ3) is 6.35. The van der Waals surface area contributed by atoms with Gasteiger partial charge >= 0.3 is 0 Å². The van der Waals surface area contributed by atoms with Crippen LogP contribution in [0.1, 0.15) is 26.2 Å². The highest BCUT2D eigenvalue weighted by atomic mass is 32.2. The molecule has 3 aromatic carbocycles. The number of hydrogen-bond acceptors (Lipinski definition) is 6. The van der Waals surface area contributed by atoms with E-state index in [4.69, 9.17) is 4.74 Å². The SMILES string of the molecule is CCOc1ccc(S(=O)(=O)N(CC(=O)Nc2ccc(S(=O)(=O)N3CCCCC3)cc2)c2ccccc2)cc1. The average molecular weight is 558 g/mol. The predicted molar refractivity (Wildman–Crippen MR) is 146 cm³/mol. The third-order valence-corrected chi connectivity index (χ3v) is 9.85. The van der Waals surface area contributed by atoms with Crippen molar-refractivity contribution in [3.63, 3.8) is 0 Å². The lowest BCUT2D eigenvalue weighted by Gasteiger charge is -2.26. The topological polar surface area (TPSA) is 113 Å². The second-order valence-corrected chi connectivity index (χ2v) is 12.6. The highest BCUT2D eigenvalue weighted by Crippen LogP contribution is 2.26. The number of ether oxygens (including phenoxy) is 1. The Hall–Kier alpha value is -3.41. The lowest BCUT2D eigenvalue weighted by molar-refractivity contribution is -0.114. The van der Waals surface area contributed by atoms with E-state index in [2.05, 4.69) is 5.32 Å². The van der Waals surface area contributed by atoms with Crippen molar-refractivity contribution in [1.29, 1.82) is 0 Å². The smallest absolute Gasteiger partial charge is 0.264 e. The van der Waals surface area contributed by atoms with Gasteiger partial charge in [0.2, 0.25) is 15.9 Å². The minimum Gasteiger partial charge on any atom is -0.494 e. The molecule has 202 valence electrons. The van der Waals surface area contributed by atoms with Crippen LogP contribution in [-0.4, -0.2) is 53.3 Å². The van der Waals surface area contributed by atoms with Crippen molar-refractivity contribution in [3.8, 4) is 5.75 Å². The lowest BCUT2D eigenvalue weighted by Crippen LogP contribution is -2.38. The summed E-state index contributed by atoms with van der Waals surface area (Å²) in [4.78, 5) is 13.2. The Morgan fingerprint density at radius 1 is 0.842 bits per heavy atom. The van der Waals surface area contributed by atoms with E-state index in [1.165, 1.54) is 40.7 Å². The molecule has 1 fully saturated rings. The number of hydrogen-bond donors (Lipinski definition) is 1. The molecule has 1 amide bonds. The molecule has 1 N–H and O–H groups in total. The minimum absolute atomic E-state index is 0.0184. The molecule has 1 heterocycles. The van der Waals surface area contributed by atoms with Crippen molar-refractivity contribution < 1.29 is 26.4 Å². The van der Waals surface area contributed by atoms with Gasteiger partial charge in [-0.3, -0.25) is 9.10 Å². The maximum absolute atomic E-state index is 13.5. The zero-order valence-electron chi connectivity index (χ0n) is 21.1. The monoisotopic (exact) mass is 557 g/mol. The summed E-state index contributed by atoms with van der Waals surface area (Å²) in [6.07, 6.45) is 2.70. The predicted octanol–water partition coefficient (Wildman–Crippen LogP) is 4.09. The van der Waals surface area contributed by atoms with E-state index in [1.54, 1.807) is 42.5 Å². The number of para-hydroxylation sites is 1. The van der Waals surface area contributed by atoms with Crippen molar-refractivity contribution in [3.05, 3.63) is 78.9 Å². The number of anilines is 2. The molecule has 0 aliphatic carbocycles. The number of sulfonamides is 2. The van der Waals surface area contributed by atoms with Gasteiger partial charge < -0.3 is 10.1 Å². The van der Waals surface area contributed by atoms with Gasteiger partial charge in [-0.2, -0.15) is 4.31 Å². The molecule has 0 saturated carbocycles. The van der Waals surface area contributed by atoms with E-state index in [0.717, 1.165) is 23.6 Å². The quantitative estimate of drug-likeness (QED) is 0.402.